The highest BCUT2D eigenvalue weighted by atomic mass is 16.5. The second kappa shape index (κ2) is 4.30. The topological polar surface area (TPSA) is 59.0 Å². The van der Waals surface area contributed by atoms with Gasteiger partial charge >= 0.3 is 0 Å². The summed E-state index contributed by atoms with van der Waals surface area (Å²) in [6.07, 6.45) is 0. The monoisotopic (exact) mass is 228 g/mol. The van der Waals surface area contributed by atoms with Crippen LogP contribution < -0.4 is 4.74 Å². The lowest BCUT2D eigenvalue weighted by atomic mass is 10.0. The zero-order chi connectivity index (χ0) is 12.4. The van der Waals surface area contributed by atoms with Crippen molar-refractivity contribution in [1.82, 2.24) is 5.16 Å². The minimum atomic E-state index is 0.283. The molecule has 4 heteroatoms. The molecule has 0 aliphatic heterocycles. The molecule has 1 aromatic carbocycles. The highest BCUT2D eigenvalue weighted by Crippen LogP contribution is 2.30. The van der Waals surface area contributed by atoms with Crippen molar-refractivity contribution in [2.75, 3.05) is 7.11 Å². The molecule has 17 heavy (non-hydrogen) atoms. The zero-order valence-electron chi connectivity index (χ0n) is 9.94. The van der Waals surface area contributed by atoms with Gasteiger partial charge in [0, 0.05) is 11.6 Å². The van der Waals surface area contributed by atoms with E-state index in [0.29, 0.717) is 5.76 Å². The van der Waals surface area contributed by atoms with Crippen LogP contribution in [0.5, 0.6) is 5.75 Å². The number of aromatic nitrogens is 1. The quantitative estimate of drug-likeness (QED) is 0.793. The van der Waals surface area contributed by atoms with Gasteiger partial charge in [0.1, 0.15) is 11.8 Å². The van der Waals surface area contributed by atoms with Gasteiger partial charge in [-0.3, -0.25) is 0 Å². The summed E-state index contributed by atoms with van der Waals surface area (Å²) in [6.45, 7) is 3.94. The van der Waals surface area contributed by atoms with E-state index >= 15 is 0 Å². The van der Waals surface area contributed by atoms with Crippen LogP contribution in [0.1, 0.15) is 16.8 Å². The molecule has 0 aliphatic carbocycles. The SMILES string of the molecule is COc1c(C)cc(-c2cc(C#N)no2)cc1C. The van der Waals surface area contributed by atoms with Gasteiger partial charge in [0.25, 0.3) is 0 Å². The smallest absolute Gasteiger partial charge is 0.184 e. The third-order valence-corrected chi connectivity index (χ3v) is 2.57. The summed E-state index contributed by atoms with van der Waals surface area (Å²) in [5.74, 6) is 1.46. The van der Waals surface area contributed by atoms with Crippen LogP contribution in [0.3, 0.4) is 0 Å². The van der Waals surface area contributed by atoms with E-state index in [-0.39, 0.29) is 5.69 Å². The zero-order valence-corrected chi connectivity index (χ0v) is 9.94. The Morgan fingerprint density at radius 1 is 1.24 bits per heavy atom. The molecule has 1 aromatic heterocycles. The molecule has 0 saturated heterocycles. The Balaban J connectivity index is 2.51. The van der Waals surface area contributed by atoms with Gasteiger partial charge in [-0.25, -0.2) is 0 Å². The molecule has 0 bridgehead atoms. The number of nitrogens with zero attached hydrogens (tertiary/aromatic N) is 2. The van der Waals surface area contributed by atoms with Gasteiger partial charge in [0.05, 0.1) is 7.11 Å². The van der Waals surface area contributed by atoms with Crippen molar-refractivity contribution in [2.24, 2.45) is 0 Å². The lowest BCUT2D eigenvalue weighted by Crippen LogP contribution is -1.91. The Kier molecular flexibility index (Phi) is 2.84. The summed E-state index contributed by atoms with van der Waals surface area (Å²) in [6, 6.07) is 7.47. The molecule has 0 fully saturated rings. The van der Waals surface area contributed by atoms with E-state index in [1.54, 1.807) is 13.2 Å². The number of nitriles is 1. The van der Waals surface area contributed by atoms with Crippen LogP contribution in [0.2, 0.25) is 0 Å². The Labute approximate surface area is 99.4 Å². The van der Waals surface area contributed by atoms with Gasteiger partial charge in [0.2, 0.25) is 0 Å². The Morgan fingerprint density at radius 3 is 2.35 bits per heavy atom. The lowest BCUT2D eigenvalue weighted by molar-refractivity contribution is 0.408. The molecule has 0 atom stereocenters. The maximum Gasteiger partial charge on any atom is 0.184 e. The van der Waals surface area contributed by atoms with E-state index in [1.165, 1.54) is 0 Å². The first-order valence-electron chi connectivity index (χ1n) is 5.18. The van der Waals surface area contributed by atoms with Gasteiger partial charge < -0.3 is 9.26 Å². The predicted molar refractivity (Wildman–Crippen MR) is 62.7 cm³/mol. The van der Waals surface area contributed by atoms with E-state index in [4.69, 9.17) is 14.5 Å². The number of rotatable bonds is 2. The molecule has 0 unspecified atom stereocenters. The second-order valence-corrected chi connectivity index (χ2v) is 3.83. The van der Waals surface area contributed by atoms with Crippen molar-refractivity contribution >= 4 is 0 Å². The van der Waals surface area contributed by atoms with Crippen molar-refractivity contribution in [3.8, 4) is 23.1 Å². The molecule has 0 amide bonds. The van der Waals surface area contributed by atoms with Crippen molar-refractivity contribution in [1.29, 1.82) is 5.26 Å². The van der Waals surface area contributed by atoms with Crippen LogP contribution in [0.4, 0.5) is 0 Å². The highest BCUT2D eigenvalue weighted by Gasteiger charge is 2.10. The van der Waals surface area contributed by atoms with E-state index in [1.807, 2.05) is 32.0 Å². The Hall–Kier alpha value is -2.28. The van der Waals surface area contributed by atoms with E-state index < -0.39 is 0 Å². The number of hydrogen-bond acceptors (Lipinski definition) is 4. The van der Waals surface area contributed by atoms with E-state index in [9.17, 15) is 0 Å². The van der Waals surface area contributed by atoms with Crippen molar-refractivity contribution < 1.29 is 9.26 Å². The number of methoxy groups -OCH3 is 1. The summed E-state index contributed by atoms with van der Waals surface area (Å²) in [5, 5.41) is 12.3. The molecule has 2 aromatic rings. The summed E-state index contributed by atoms with van der Waals surface area (Å²) < 4.78 is 10.4. The van der Waals surface area contributed by atoms with E-state index in [0.717, 1.165) is 22.4 Å². The normalized spacial score (nSPS) is 10.0. The van der Waals surface area contributed by atoms with Crippen LogP contribution in [0, 0.1) is 25.2 Å². The maximum atomic E-state index is 8.70. The first-order valence-corrected chi connectivity index (χ1v) is 5.18. The fraction of sp³-hybridized carbons (Fsp3) is 0.231. The van der Waals surface area contributed by atoms with Gasteiger partial charge in [0.15, 0.2) is 11.5 Å². The van der Waals surface area contributed by atoms with Crippen molar-refractivity contribution in [3.05, 3.63) is 35.0 Å². The summed E-state index contributed by atoms with van der Waals surface area (Å²) >= 11 is 0. The molecule has 0 N–H and O–H groups in total. The Morgan fingerprint density at radius 2 is 1.88 bits per heavy atom. The summed E-state index contributed by atoms with van der Waals surface area (Å²) in [4.78, 5) is 0. The van der Waals surface area contributed by atoms with Crippen LogP contribution in [-0.2, 0) is 0 Å². The molecule has 4 nitrogen and oxygen atoms in total. The van der Waals surface area contributed by atoms with Crippen LogP contribution >= 0.6 is 0 Å². The maximum absolute atomic E-state index is 8.70. The molecule has 0 radical (unpaired) electrons. The number of hydrogen-bond donors (Lipinski definition) is 0. The largest absolute Gasteiger partial charge is 0.496 e. The average Bonchev–Trinajstić information content (AvgIpc) is 2.77. The summed E-state index contributed by atoms with van der Waals surface area (Å²) in [7, 11) is 1.65. The second-order valence-electron chi connectivity index (χ2n) is 3.83. The molecule has 2 rings (SSSR count). The molecule has 0 spiro atoms. The average molecular weight is 228 g/mol. The summed E-state index contributed by atoms with van der Waals surface area (Å²) in [5.41, 5.74) is 3.23. The minimum absolute atomic E-state index is 0.283. The lowest BCUT2D eigenvalue weighted by Gasteiger charge is -2.09. The number of benzene rings is 1. The fourth-order valence-corrected chi connectivity index (χ4v) is 1.88. The van der Waals surface area contributed by atoms with Gasteiger partial charge in [-0.05, 0) is 37.1 Å². The van der Waals surface area contributed by atoms with Crippen molar-refractivity contribution in [2.45, 2.75) is 13.8 Å². The van der Waals surface area contributed by atoms with E-state index in [2.05, 4.69) is 5.16 Å². The molecular formula is C13H12N2O2. The van der Waals surface area contributed by atoms with Gasteiger partial charge in [-0.2, -0.15) is 5.26 Å². The predicted octanol–water partition coefficient (Wildman–Crippen LogP) is 2.84. The molecular weight excluding hydrogens is 216 g/mol. The molecule has 0 aliphatic rings. The van der Waals surface area contributed by atoms with Crippen LogP contribution in [-0.4, -0.2) is 12.3 Å². The Bertz CT molecular complexity index is 571. The van der Waals surface area contributed by atoms with Gasteiger partial charge in [-0.15, -0.1) is 0 Å². The van der Waals surface area contributed by atoms with Crippen LogP contribution in [0.25, 0.3) is 11.3 Å². The third-order valence-electron chi connectivity index (χ3n) is 2.57. The fourth-order valence-electron chi connectivity index (χ4n) is 1.88. The third kappa shape index (κ3) is 2.00. The first-order chi connectivity index (χ1) is 8.15. The number of aryl methyl sites for hydroxylation is 2. The highest BCUT2D eigenvalue weighted by molar-refractivity contribution is 5.63. The number of ether oxygens (including phenoxy) is 1. The standard InChI is InChI=1S/C13H12N2O2/c1-8-4-10(5-9(2)13(8)16-3)12-6-11(7-14)15-17-12/h4-6H,1-3H3. The molecule has 0 saturated carbocycles. The van der Waals surface area contributed by atoms with Crippen molar-refractivity contribution in [3.63, 3.8) is 0 Å². The minimum Gasteiger partial charge on any atom is -0.496 e. The van der Waals surface area contributed by atoms with Crippen LogP contribution in [0.15, 0.2) is 22.7 Å². The molecule has 1 heterocycles. The van der Waals surface area contributed by atoms with Gasteiger partial charge in [-0.1, -0.05) is 5.16 Å². The first kappa shape index (κ1) is 11.2. The molecule has 86 valence electrons.